The van der Waals surface area contributed by atoms with Crippen molar-refractivity contribution in [2.75, 3.05) is 33.4 Å². The van der Waals surface area contributed by atoms with Crippen molar-refractivity contribution in [3.05, 3.63) is 23.7 Å². The quantitative estimate of drug-likeness (QED) is 0.683. The van der Waals surface area contributed by atoms with Crippen LogP contribution in [0.5, 0.6) is 0 Å². The molecular weight excluding hydrogens is 242 g/mol. The average Bonchev–Trinajstić information content (AvgIpc) is 2.53. The summed E-state index contributed by atoms with van der Waals surface area (Å²) in [6.45, 7) is 13.8. The van der Waals surface area contributed by atoms with Crippen molar-refractivity contribution in [3.8, 4) is 0 Å². The lowest BCUT2D eigenvalue weighted by atomic mass is 10.3. The molecule has 114 valence electrons. The molecule has 0 aromatic rings. The molecule has 0 amide bonds. The van der Waals surface area contributed by atoms with Crippen LogP contribution in [0.15, 0.2) is 23.7 Å². The molecule has 0 atom stereocenters. The maximum atomic E-state index is 5.01. The van der Waals surface area contributed by atoms with Crippen molar-refractivity contribution in [1.29, 1.82) is 0 Å². The summed E-state index contributed by atoms with van der Waals surface area (Å²) in [5, 5.41) is 3.16. The van der Waals surface area contributed by atoms with Crippen molar-refractivity contribution < 1.29 is 9.47 Å². The lowest BCUT2D eigenvalue weighted by Gasteiger charge is -2.13. The Bertz CT molecular complexity index is 225. The number of hydrogen-bond donors (Lipinski definition) is 3. The molecule has 0 unspecified atom stereocenters. The highest BCUT2D eigenvalue weighted by Crippen LogP contribution is 2.01. The van der Waals surface area contributed by atoms with Gasteiger partial charge in [0.05, 0.1) is 20.3 Å². The number of hydrazine groups is 1. The van der Waals surface area contributed by atoms with Crippen molar-refractivity contribution in [3.63, 3.8) is 0 Å². The van der Waals surface area contributed by atoms with E-state index in [2.05, 4.69) is 16.2 Å². The highest BCUT2D eigenvalue weighted by molar-refractivity contribution is 5.20. The summed E-state index contributed by atoms with van der Waals surface area (Å²) in [7, 11) is 1.62. The van der Waals surface area contributed by atoms with Crippen LogP contribution in [0, 0.1) is 0 Å². The Morgan fingerprint density at radius 2 is 1.68 bits per heavy atom. The summed E-state index contributed by atoms with van der Waals surface area (Å²) in [6, 6.07) is 0. The summed E-state index contributed by atoms with van der Waals surface area (Å²) < 4.78 is 9.92. The van der Waals surface area contributed by atoms with Gasteiger partial charge in [0.15, 0.2) is 0 Å². The van der Waals surface area contributed by atoms with Gasteiger partial charge in [-0.2, -0.15) is 0 Å². The molecule has 0 aliphatic carbocycles. The van der Waals surface area contributed by atoms with Gasteiger partial charge in [-0.25, -0.2) is 0 Å². The molecule has 5 heteroatoms. The molecule has 0 radical (unpaired) electrons. The average molecular weight is 273 g/mol. The molecule has 2 aliphatic rings. The van der Waals surface area contributed by atoms with Crippen molar-refractivity contribution in [2.45, 2.75) is 34.6 Å². The first kappa shape index (κ1) is 20.1. The number of rotatable bonds is 1. The van der Waals surface area contributed by atoms with Crippen molar-refractivity contribution >= 4 is 0 Å². The molecule has 2 aliphatic heterocycles. The van der Waals surface area contributed by atoms with Crippen LogP contribution in [0.4, 0.5) is 0 Å². The third-order valence-corrected chi connectivity index (χ3v) is 1.92. The van der Waals surface area contributed by atoms with Gasteiger partial charge in [-0.05, 0) is 12.5 Å². The predicted molar refractivity (Wildman–Crippen MR) is 81.5 cm³/mol. The van der Waals surface area contributed by atoms with Gasteiger partial charge in [0, 0.05) is 25.4 Å². The largest absolute Gasteiger partial charge is 0.481 e. The van der Waals surface area contributed by atoms with Crippen LogP contribution >= 0.6 is 0 Å². The molecule has 0 bridgehead atoms. The fourth-order valence-corrected chi connectivity index (χ4v) is 1.13. The Hall–Kier alpha value is -1.20. The van der Waals surface area contributed by atoms with E-state index in [0.29, 0.717) is 0 Å². The number of allylic oxidation sites excluding steroid dienone is 2. The Kier molecular flexibility index (Phi) is 17.8. The minimum Gasteiger partial charge on any atom is -0.481 e. The van der Waals surface area contributed by atoms with Crippen LogP contribution in [-0.2, 0) is 9.47 Å². The topological polar surface area (TPSA) is 54.5 Å². The van der Waals surface area contributed by atoms with Crippen molar-refractivity contribution in [1.82, 2.24) is 16.2 Å². The SMILES string of the molecule is C1COCCN1.CC.CC.COC1=CC(C)=CNN1. The van der Waals surface area contributed by atoms with E-state index in [0.717, 1.165) is 37.8 Å². The van der Waals surface area contributed by atoms with Gasteiger partial charge in [-0.15, -0.1) is 0 Å². The fraction of sp³-hybridized carbons (Fsp3) is 0.714. The predicted octanol–water partition coefficient (Wildman–Crippen LogP) is 2.14. The molecule has 2 heterocycles. The molecule has 0 aromatic carbocycles. The molecule has 3 N–H and O–H groups in total. The lowest BCUT2D eigenvalue weighted by molar-refractivity contribution is 0.109. The van der Waals surface area contributed by atoms with E-state index in [1.54, 1.807) is 7.11 Å². The number of morpholine rings is 1. The van der Waals surface area contributed by atoms with E-state index >= 15 is 0 Å². The maximum Gasteiger partial charge on any atom is 0.205 e. The fourth-order valence-electron chi connectivity index (χ4n) is 1.13. The summed E-state index contributed by atoms with van der Waals surface area (Å²) in [6.07, 6.45) is 3.78. The molecule has 1 fully saturated rings. The third-order valence-electron chi connectivity index (χ3n) is 1.92. The highest BCUT2D eigenvalue weighted by atomic mass is 16.5. The monoisotopic (exact) mass is 273 g/mol. The summed E-state index contributed by atoms with van der Waals surface area (Å²) in [5.74, 6) is 0.745. The highest BCUT2D eigenvalue weighted by Gasteiger charge is 1.97. The summed E-state index contributed by atoms with van der Waals surface area (Å²) >= 11 is 0. The van der Waals surface area contributed by atoms with Crippen LogP contribution in [-0.4, -0.2) is 33.4 Å². The first-order valence-corrected chi connectivity index (χ1v) is 7.05. The van der Waals surface area contributed by atoms with Crippen LogP contribution in [0.25, 0.3) is 0 Å². The standard InChI is InChI=1S/C6H10N2O.C4H9NO.2C2H6/c1-5-3-6(9-2)8-7-4-5;1-3-6-4-2-5-1;2*1-2/h3-4,7-8H,1-2H3;5H,1-4H2;2*1-2H3. The zero-order valence-electron chi connectivity index (χ0n) is 13.3. The van der Waals surface area contributed by atoms with Crippen LogP contribution in [0.2, 0.25) is 0 Å². The molecule has 19 heavy (non-hydrogen) atoms. The van der Waals surface area contributed by atoms with E-state index in [9.17, 15) is 0 Å². The second kappa shape index (κ2) is 16.8. The Morgan fingerprint density at radius 1 is 1.11 bits per heavy atom. The van der Waals surface area contributed by atoms with Crippen LogP contribution in [0.3, 0.4) is 0 Å². The third kappa shape index (κ3) is 13.0. The Labute approximate surface area is 118 Å². The zero-order valence-corrected chi connectivity index (χ0v) is 13.3. The molecule has 0 aromatic heterocycles. The Balaban J connectivity index is 0. The second-order valence-corrected chi connectivity index (χ2v) is 3.23. The number of nitrogens with one attached hydrogen (secondary N) is 3. The van der Waals surface area contributed by atoms with E-state index in [-0.39, 0.29) is 0 Å². The molecule has 0 saturated carbocycles. The van der Waals surface area contributed by atoms with E-state index in [4.69, 9.17) is 9.47 Å². The van der Waals surface area contributed by atoms with E-state index < -0.39 is 0 Å². The molecule has 5 nitrogen and oxygen atoms in total. The smallest absolute Gasteiger partial charge is 0.205 e. The van der Waals surface area contributed by atoms with Crippen LogP contribution < -0.4 is 16.2 Å². The maximum absolute atomic E-state index is 5.01. The normalized spacial score (nSPS) is 16.1. The molecule has 2 rings (SSSR count). The number of ether oxygens (including phenoxy) is 2. The molecule has 1 saturated heterocycles. The first-order chi connectivity index (χ1) is 9.33. The molecular formula is C14H31N3O2. The summed E-state index contributed by atoms with van der Waals surface area (Å²) in [5.41, 5.74) is 6.79. The van der Waals surface area contributed by atoms with Gasteiger partial charge in [-0.3, -0.25) is 5.43 Å². The van der Waals surface area contributed by atoms with E-state index in [1.165, 1.54) is 0 Å². The van der Waals surface area contributed by atoms with Gasteiger partial charge in [-0.1, -0.05) is 27.7 Å². The van der Waals surface area contributed by atoms with Gasteiger partial charge in [0.2, 0.25) is 5.88 Å². The minimum absolute atomic E-state index is 0.745. The lowest BCUT2D eigenvalue weighted by Crippen LogP contribution is -2.30. The second-order valence-electron chi connectivity index (χ2n) is 3.23. The number of hydrogen-bond acceptors (Lipinski definition) is 5. The first-order valence-electron chi connectivity index (χ1n) is 7.05. The van der Waals surface area contributed by atoms with Gasteiger partial charge >= 0.3 is 0 Å². The van der Waals surface area contributed by atoms with E-state index in [1.807, 2.05) is 46.9 Å². The minimum atomic E-state index is 0.745. The summed E-state index contributed by atoms with van der Waals surface area (Å²) in [4.78, 5) is 0. The zero-order chi connectivity index (χ0) is 14.9. The van der Waals surface area contributed by atoms with Gasteiger partial charge in [0.25, 0.3) is 0 Å². The van der Waals surface area contributed by atoms with Crippen LogP contribution in [0.1, 0.15) is 34.6 Å². The van der Waals surface area contributed by atoms with Gasteiger partial charge in [0.1, 0.15) is 0 Å². The van der Waals surface area contributed by atoms with Crippen molar-refractivity contribution in [2.24, 2.45) is 0 Å². The van der Waals surface area contributed by atoms with Gasteiger partial charge < -0.3 is 20.2 Å². The Morgan fingerprint density at radius 3 is 1.95 bits per heavy atom. The molecule has 0 spiro atoms. The number of methoxy groups -OCH3 is 1.